The highest BCUT2D eigenvalue weighted by atomic mass is 32.3. The third-order valence-electron chi connectivity index (χ3n) is 0.785. The van der Waals surface area contributed by atoms with E-state index in [1.807, 2.05) is 41.4 Å². The summed E-state index contributed by atoms with van der Waals surface area (Å²) in [5.41, 5.74) is 0. The first kappa shape index (κ1) is 7.63. The van der Waals surface area contributed by atoms with Gasteiger partial charge in [-0.05, 0) is 10.8 Å². The molecular formula is C6H8S3. The molecule has 3 heteroatoms. The standard InChI is InChI=1S/C6H8S3/c1-2-3-7-6-8-4-5-9-6/h2,4-6H,1,3H2. The van der Waals surface area contributed by atoms with Crippen molar-refractivity contribution in [1.29, 1.82) is 0 Å². The first-order chi connectivity index (χ1) is 4.43. The van der Waals surface area contributed by atoms with Gasteiger partial charge in [-0.2, -0.15) is 0 Å². The predicted octanol–water partition coefficient (Wildman–Crippen LogP) is 3.14. The Balaban J connectivity index is 2.07. The molecule has 0 fully saturated rings. The van der Waals surface area contributed by atoms with Crippen LogP contribution in [0.25, 0.3) is 0 Å². The fourth-order valence-corrected chi connectivity index (χ4v) is 3.64. The summed E-state index contributed by atoms with van der Waals surface area (Å²) in [6, 6.07) is 0. The van der Waals surface area contributed by atoms with Crippen molar-refractivity contribution in [3.05, 3.63) is 23.5 Å². The van der Waals surface area contributed by atoms with Crippen LogP contribution in [0.2, 0.25) is 0 Å². The zero-order valence-electron chi connectivity index (χ0n) is 4.95. The molecule has 0 nitrogen and oxygen atoms in total. The van der Waals surface area contributed by atoms with Crippen LogP contribution in [0.4, 0.5) is 0 Å². The lowest BCUT2D eigenvalue weighted by atomic mass is 10.8. The number of rotatable bonds is 3. The van der Waals surface area contributed by atoms with Crippen LogP contribution in [-0.4, -0.2) is 9.67 Å². The van der Waals surface area contributed by atoms with Crippen LogP contribution in [0.5, 0.6) is 0 Å². The summed E-state index contributed by atoms with van der Waals surface area (Å²) in [6.07, 6.45) is 1.95. The summed E-state index contributed by atoms with van der Waals surface area (Å²) in [7, 11) is 0. The Kier molecular flexibility index (Phi) is 3.70. The molecule has 9 heavy (non-hydrogen) atoms. The second kappa shape index (κ2) is 4.36. The van der Waals surface area contributed by atoms with E-state index in [-0.39, 0.29) is 0 Å². The van der Waals surface area contributed by atoms with Crippen LogP contribution >= 0.6 is 35.3 Å². The minimum atomic E-state index is 0.683. The third-order valence-corrected chi connectivity index (χ3v) is 4.84. The zero-order valence-corrected chi connectivity index (χ0v) is 7.40. The Morgan fingerprint density at radius 1 is 1.56 bits per heavy atom. The summed E-state index contributed by atoms with van der Waals surface area (Å²) < 4.78 is 0.683. The van der Waals surface area contributed by atoms with Crippen LogP contribution in [0.1, 0.15) is 0 Å². The lowest BCUT2D eigenvalue weighted by Gasteiger charge is -2.02. The number of hydrogen-bond donors (Lipinski definition) is 0. The van der Waals surface area contributed by atoms with Gasteiger partial charge in [0.15, 0.2) is 0 Å². The maximum absolute atomic E-state index is 3.66. The van der Waals surface area contributed by atoms with E-state index >= 15 is 0 Å². The van der Waals surface area contributed by atoms with E-state index in [1.165, 1.54) is 0 Å². The minimum Gasteiger partial charge on any atom is -0.132 e. The Hall–Kier alpha value is 0.530. The normalized spacial score (nSPS) is 18.7. The van der Waals surface area contributed by atoms with Gasteiger partial charge in [0, 0.05) is 5.75 Å². The molecule has 50 valence electrons. The smallest absolute Gasteiger partial charge is 0.104 e. The van der Waals surface area contributed by atoms with Crippen LogP contribution < -0.4 is 0 Å². The fourth-order valence-electron chi connectivity index (χ4n) is 0.450. The molecule has 0 bridgehead atoms. The Labute approximate surface area is 68.5 Å². The average Bonchev–Trinajstić information content (AvgIpc) is 2.34. The van der Waals surface area contributed by atoms with Crippen molar-refractivity contribution < 1.29 is 0 Å². The first-order valence-corrected chi connectivity index (χ1v) is 5.55. The molecule has 0 radical (unpaired) electrons. The molecule has 1 aliphatic heterocycles. The Morgan fingerprint density at radius 2 is 2.22 bits per heavy atom. The van der Waals surface area contributed by atoms with E-state index in [9.17, 15) is 0 Å². The molecular weight excluding hydrogens is 168 g/mol. The Bertz CT molecular complexity index is 111. The SMILES string of the molecule is C=CCSC1SC=CS1. The van der Waals surface area contributed by atoms with Gasteiger partial charge in [0.1, 0.15) is 3.91 Å². The van der Waals surface area contributed by atoms with E-state index < -0.39 is 0 Å². The van der Waals surface area contributed by atoms with Gasteiger partial charge < -0.3 is 0 Å². The van der Waals surface area contributed by atoms with Gasteiger partial charge in [-0.1, -0.05) is 6.08 Å². The van der Waals surface area contributed by atoms with Gasteiger partial charge in [0.25, 0.3) is 0 Å². The summed E-state index contributed by atoms with van der Waals surface area (Å²) in [5, 5.41) is 4.29. The molecule has 0 spiro atoms. The third kappa shape index (κ3) is 2.74. The number of hydrogen-bond acceptors (Lipinski definition) is 3. The van der Waals surface area contributed by atoms with Gasteiger partial charge in [-0.25, -0.2) is 0 Å². The summed E-state index contributed by atoms with van der Waals surface area (Å²) in [6.45, 7) is 3.66. The van der Waals surface area contributed by atoms with Crippen LogP contribution in [-0.2, 0) is 0 Å². The monoisotopic (exact) mass is 176 g/mol. The van der Waals surface area contributed by atoms with E-state index in [0.717, 1.165) is 5.75 Å². The second-order valence-corrected chi connectivity index (χ2v) is 5.52. The molecule has 0 unspecified atom stereocenters. The zero-order chi connectivity index (χ0) is 6.53. The second-order valence-electron chi connectivity index (χ2n) is 1.46. The predicted molar refractivity (Wildman–Crippen MR) is 50.8 cm³/mol. The van der Waals surface area contributed by atoms with Crippen molar-refractivity contribution in [2.75, 3.05) is 5.75 Å². The first-order valence-electron chi connectivity index (χ1n) is 2.62. The lowest BCUT2D eigenvalue weighted by Crippen LogP contribution is -1.82. The van der Waals surface area contributed by atoms with Crippen molar-refractivity contribution in [1.82, 2.24) is 0 Å². The Morgan fingerprint density at radius 3 is 2.78 bits per heavy atom. The van der Waals surface area contributed by atoms with E-state index in [4.69, 9.17) is 0 Å². The van der Waals surface area contributed by atoms with Crippen molar-refractivity contribution in [3.8, 4) is 0 Å². The van der Waals surface area contributed by atoms with Crippen molar-refractivity contribution >= 4 is 35.3 Å². The summed E-state index contributed by atoms with van der Waals surface area (Å²) >= 11 is 5.69. The van der Waals surface area contributed by atoms with Gasteiger partial charge in [-0.15, -0.1) is 41.9 Å². The molecule has 1 rings (SSSR count). The van der Waals surface area contributed by atoms with E-state index in [2.05, 4.69) is 17.4 Å². The largest absolute Gasteiger partial charge is 0.132 e. The molecule has 0 atom stereocenters. The van der Waals surface area contributed by atoms with Gasteiger partial charge in [0.2, 0.25) is 0 Å². The molecule has 0 aromatic heterocycles. The van der Waals surface area contributed by atoms with Gasteiger partial charge in [-0.3, -0.25) is 0 Å². The average molecular weight is 176 g/mol. The van der Waals surface area contributed by atoms with Crippen molar-refractivity contribution in [3.63, 3.8) is 0 Å². The van der Waals surface area contributed by atoms with E-state index in [0.29, 0.717) is 3.91 Å². The van der Waals surface area contributed by atoms with Gasteiger partial charge >= 0.3 is 0 Å². The molecule has 0 amide bonds. The van der Waals surface area contributed by atoms with Crippen molar-refractivity contribution in [2.24, 2.45) is 0 Å². The quantitative estimate of drug-likeness (QED) is 0.606. The minimum absolute atomic E-state index is 0.683. The topological polar surface area (TPSA) is 0 Å². The number of thioether (sulfide) groups is 3. The van der Waals surface area contributed by atoms with Gasteiger partial charge in [0.05, 0.1) is 0 Å². The molecule has 1 aliphatic rings. The highest BCUT2D eigenvalue weighted by Crippen LogP contribution is 2.40. The molecule has 0 aromatic carbocycles. The molecule has 0 saturated heterocycles. The molecule has 0 saturated carbocycles. The molecule has 1 heterocycles. The molecule has 0 N–H and O–H groups in total. The van der Waals surface area contributed by atoms with Crippen LogP contribution in [0, 0.1) is 0 Å². The summed E-state index contributed by atoms with van der Waals surface area (Å²) in [5.74, 6) is 1.06. The van der Waals surface area contributed by atoms with E-state index in [1.54, 1.807) is 0 Å². The molecule has 0 aliphatic carbocycles. The maximum Gasteiger partial charge on any atom is 0.104 e. The lowest BCUT2D eigenvalue weighted by molar-refractivity contribution is 1.80. The maximum atomic E-state index is 3.66. The summed E-state index contributed by atoms with van der Waals surface area (Å²) in [4.78, 5) is 0. The highest BCUT2D eigenvalue weighted by Gasteiger charge is 2.09. The highest BCUT2D eigenvalue weighted by molar-refractivity contribution is 8.35. The van der Waals surface area contributed by atoms with Crippen molar-refractivity contribution in [2.45, 2.75) is 3.91 Å². The van der Waals surface area contributed by atoms with Crippen LogP contribution in [0.3, 0.4) is 0 Å². The van der Waals surface area contributed by atoms with Crippen LogP contribution in [0.15, 0.2) is 23.5 Å². The molecule has 0 aromatic rings. The fraction of sp³-hybridized carbons (Fsp3) is 0.333.